The number of amides is 1. The average molecular weight is 339 g/mol. The lowest BCUT2D eigenvalue weighted by atomic mass is 10.2. The van der Waals surface area contributed by atoms with Crippen LogP contribution < -0.4 is 15.4 Å². The summed E-state index contributed by atoms with van der Waals surface area (Å²) in [5, 5.41) is 6.93. The molecule has 0 saturated heterocycles. The molecule has 0 aromatic heterocycles. The van der Waals surface area contributed by atoms with E-state index in [0.29, 0.717) is 21.5 Å². The van der Waals surface area contributed by atoms with Gasteiger partial charge in [0.05, 0.1) is 12.1 Å². The Labute approximate surface area is 139 Å². The Kier molecular flexibility index (Phi) is 5.52. The van der Waals surface area contributed by atoms with Crippen LogP contribution in [0.2, 0.25) is 10.0 Å². The predicted octanol–water partition coefficient (Wildman–Crippen LogP) is 4.44. The first kappa shape index (κ1) is 16.5. The van der Waals surface area contributed by atoms with E-state index < -0.39 is 6.04 Å². The highest BCUT2D eigenvalue weighted by molar-refractivity contribution is 6.32. The van der Waals surface area contributed by atoms with Crippen molar-refractivity contribution in [3.63, 3.8) is 0 Å². The fraction of sp³-hybridized carbons (Fsp3) is 0.188. The molecule has 2 rings (SSSR count). The van der Waals surface area contributed by atoms with Crippen LogP contribution in [0.5, 0.6) is 5.75 Å². The SMILES string of the molecule is COc1ccc(NC(C)C(=O)Nc2cccc(Cl)c2)cc1Cl. The van der Waals surface area contributed by atoms with Crippen LogP contribution in [0.25, 0.3) is 0 Å². The lowest BCUT2D eigenvalue weighted by molar-refractivity contribution is -0.116. The van der Waals surface area contributed by atoms with Crippen molar-refractivity contribution in [3.8, 4) is 5.75 Å². The fourth-order valence-corrected chi connectivity index (χ4v) is 2.34. The number of carbonyl (C=O) groups is 1. The molecule has 1 atom stereocenters. The second-order valence-corrected chi connectivity index (χ2v) is 5.56. The maximum Gasteiger partial charge on any atom is 0.246 e. The van der Waals surface area contributed by atoms with Crippen molar-refractivity contribution in [1.29, 1.82) is 0 Å². The Hall–Kier alpha value is -1.91. The summed E-state index contributed by atoms with van der Waals surface area (Å²) >= 11 is 11.9. The predicted molar refractivity (Wildman–Crippen MR) is 91.2 cm³/mol. The van der Waals surface area contributed by atoms with Gasteiger partial charge in [0.15, 0.2) is 0 Å². The molecular formula is C16H16Cl2N2O2. The minimum atomic E-state index is -0.441. The van der Waals surface area contributed by atoms with Gasteiger partial charge in [0.1, 0.15) is 11.8 Å². The number of halogens is 2. The summed E-state index contributed by atoms with van der Waals surface area (Å²) in [6, 6.07) is 11.8. The lowest BCUT2D eigenvalue weighted by Gasteiger charge is -2.16. The van der Waals surface area contributed by atoms with Crippen LogP contribution in [0.4, 0.5) is 11.4 Å². The third-order valence-electron chi connectivity index (χ3n) is 3.02. The standard InChI is InChI=1S/C16H16Cl2N2O2/c1-10(16(21)20-12-5-3-4-11(17)8-12)19-13-6-7-15(22-2)14(18)9-13/h3-10,19H,1-2H3,(H,20,21). The monoisotopic (exact) mass is 338 g/mol. The van der Waals surface area contributed by atoms with Crippen molar-refractivity contribution in [1.82, 2.24) is 0 Å². The van der Waals surface area contributed by atoms with Crippen molar-refractivity contribution in [3.05, 3.63) is 52.5 Å². The summed E-state index contributed by atoms with van der Waals surface area (Å²) < 4.78 is 5.09. The van der Waals surface area contributed by atoms with E-state index in [9.17, 15) is 4.79 Å². The number of ether oxygens (including phenoxy) is 1. The van der Waals surface area contributed by atoms with E-state index in [2.05, 4.69) is 10.6 Å². The number of carbonyl (C=O) groups excluding carboxylic acids is 1. The maximum atomic E-state index is 12.2. The number of anilines is 2. The van der Waals surface area contributed by atoms with Gasteiger partial charge in [-0.2, -0.15) is 0 Å². The van der Waals surface area contributed by atoms with Gasteiger partial charge in [0.25, 0.3) is 0 Å². The molecule has 0 bridgehead atoms. The van der Waals surface area contributed by atoms with E-state index in [-0.39, 0.29) is 5.91 Å². The fourth-order valence-electron chi connectivity index (χ4n) is 1.89. The maximum absolute atomic E-state index is 12.2. The van der Waals surface area contributed by atoms with E-state index in [0.717, 1.165) is 5.69 Å². The van der Waals surface area contributed by atoms with Gasteiger partial charge in [-0.15, -0.1) is 0 Å². The zero-order valence-electron chi connectivity index (χ0n) is 12.2. The van der Waals surface area contributed by atoms with Gasteiger partial charge in [-0.25, -0.2) is 0 Å². The van der Waals surface area contributed by atoms with Crippen molar-refractivity contribution in [2.75, 3.05) is 17.7 Å². The molecule has 116 valence electrons. The summed E-state index contributed by atoms with van der Waals surface area (Å²) in [6.07, 6.45) is 0. The third kappa shape index (κ3) is 4.29. The van der Waals surface area contributed by atoms with Gasteiger partial charge in [-0.3, -0.25) is 4.79 Å². The van der Waals surface area contributed by atoms with E-state index in [4.69, 9.17) is 27.9 Å². The van der Waals surface area contributed by atoms with E-state index >= 15 is 0 Å². The lowest BCUT2D eigenvalue weighted by Crippen LogP contribution is -2.31. The number of hydrogen-bond acceptors (Lipinski definition) is 3. The molecule has 0 heterocycles. The number of hydrogen-bond donors (Lipinski definition) is 2. The molecule has 22 heavy (non-hydrogen) atoms. The van der Waals surface area contributed by atoms with Gasteiger partial charge in [0.2, 0.25) is 5.91 Å². The Bertz CT molecular complexity index is 677. The molecule has 2 aromatic carbocycles. The number of nitrogens with one attached hydrogen (secondary N) is 2. The molecule has 4 nitrogen and oxygen atoms in total. The van der Waals surface area contributed by atoms with E-state index in [1.54, 1.807) is 56.5 Å². The Morgan fingerprint density at radius 2 is 1.91 bits per heavy atom. The second-order valence-electron chi connectivity index (χ2n) is 4.71. The largest absolute Gasteiger partial charge is 0.495 e. The van der Waals surface area contributed by atoms with Crippen LogP contribution in [-0.4, -0.2) is 19.1 Å². The van der Waals surface area contributed by atoms with Gasteiger partial charge in [-0.1, -0.05) is 29.3 Å². The summed E-state index contributed by atoms with van der Waals surface area (Å²) in [5.74, 6) is 0.414. The van der Waals surface area contributed by atoms with Crippen molar-refractivity contribution in [2.24, 2.45) is 0 Å². The van der Waals surface area contributed by atoms with Crippen LogP contribution in [0, 0.1) is 0 Å². The zero-order chi connectivity index (χ0) is 16.1. The highest BCUT2D eigenvalue weighted by Crippen LogP contribution is 2.27. The van der Waals surface area contributed by atoms with Crippen LogP contribution in [-0.2, 0) is 4.79 Å². The van der Waals surface area contributed by atoms with Gasteiger partial charge in [-0.05, 0) is 43.3 Å². The summed E-state index contributed by atoms with van der Waals surface area (Å²) in [4.78, 5) is 12.2. The molecule has 0 saturated carbocycles. The Balaban J connectivity index is 2.00. The first-order valence-electron chi connectivity index (χ1n) is 6.66. The van der Waals surface area contributed by atoms with E-state index in [1.165, 1.54) is 0 Å². The minimum absolute atomic E-state index is 0.172. The smallest absolute Gasteiger partial charge is 0.246 e. The van der Waals surface area contributed by atoms with Gasteiger partial charge >= 0.3 is 0 Å². The Morgan fingerprint density at radius 1 is 1.14 bits per heavy atom. The molecule has 0 fully saturated rings. The molecule has 1 amide bonds. The third-order valence-corrected chi connectivity index (χ3v) is 3.55. The molecule has 0 radical (unpaired) electrons. The molecule has 2 aromatic rings. The van der Waals surface area contributed by atoms with Crippen molar-refractivity contribution >= 4 is 40.5 Å². The van der Waals surface area contributed by atoms with Gasteiger partial charge in [0, 0.05) is 16.4 Å². The van der Waals surface area contributed by atoms with Crippen LogP contribution in [0.3, 0.4) is 0 Å². The molecule has 6 heteroatoms. The molecule has 0 aliphatic heterocycles. The molecule has 2 N–H and O–H groups in total. The van der Waals surface area contributed by atoms with Crippen molar-refractivity contribution < 1.29 is 9.53 Å². The second kappa shape index (κ2) is 7.38. The summed E-state index contributed by atoms with van der Waals surface area (Å²) in [5.41, 5.74) is 1.39. The molecular weight excluding hydrogens is 323 g/mol. The first-order chi connectivity index (χ1) is 10.5. The average Bonchev–Trinajstić information content (AvgIpc) is 2.47. The highest BCUT2D eigenvalue weighted by Gasteiger charge is 2.13. The molecule has 1 unspecified atom stereocenters. The molecule has 0 aliphatic carbocycles. The Morgan fingerprint density at radius 3 is 2.55 bits per heavy atom. The quantitative estimate of drug-likeness (QED) is 0.847. The molecule has 0 aliphatic rings. The minimum Gasteiger partial charge on any atom is -0.495 e. The topological polar surface area (TPSA) is 50.4 Å². The normalized spacial score (nSPS) is 11.6. The molecule has 0 spiro atoms. The first-order valence-corrected chi connectivity index (χ1v) is 7.41. The summed E-state index contributed by atoms with van der Waals surface area (Å²) in [7, 11) is 1.55. The number of methoxy groups -OCH3 is 1. The highest BCUT2D eigenvalue weighted by atomic mass is 35.5. The zero-order valence-corrected chi connectivity index (χ0v) is 13.7. The van der Waals surface area contributed by atoms with Crippen LogP contribution in [0.15, 0.2) is 42.5 Å². The van der Waals surface area contributed by atoms with Crippen LogP contribution >= 0.6 is 23.2 Å². The van der Waals surface area contributed by atoms with Gasteiger partial charge < -0.3 is 15.4 Å². The van der Waals surface area contributed by atoms with Crippen molar-refractivity contribution in [2.45, 2.75) is 13.0 Å². The number of benzene rings is 2. The number of rotatable bonds is 5. The van der Waals surface area contributed by atoms with E-state index in [1.807, 2.05) is 0 Å². The summed E-state index contributed by atoms with van der Waals surface area (Å²) in [6.45, 7) is 1.76. The van der Waals surface area contributed by atoms with Crippen LogP contribution in [0.1, 0.15) is 6.92 Å².